The van der Waals surface area contributed by atoms with Gasteiger partial charge in [-0.3, -0.25) is 9.91 Å². The number of hydrazine groups is 1. The molecule has 3 aromatic rings. The SMILES string of the molecule is CCCCN(N)/C(=N\N)C(c1cc2ccccc2o1)N1CCC(c2ccccc2OC)CC1. The quantitative estimate of drug-likeness (QED) is 0.226. The van der Waals surface area contributed by atoms with E-state index in [0.717, 1.165) is 61.3 Å². The zero-order chi connectivity index (χ0) is 23.2. The van der Waals surface area contributed by atoms with Gasteiger partial charge in [0.15, 0.2) is 5.84 Å². The van der Waals surface area contributed by atoms with Gasteiger partial charge in [0.25, 0.3) is 0 Å². The molecule has 1 aromatic heterocycles. The summed E-state index contributed by atoms with van der Waals surface area (Å²) in [6.07, 6.45) is 4.03. The Labute approximate surface area is 195 Å². The highest BCUT2D eigenvalue weighted by Gasteiger charge is 2.35. The van der Waals surface area contributed by atoms with Crippen LogP contribution in [0.4, 0.5) is 0 Å². The molecule has 1 atom stereocenters. The largest absolute Gasteiger partial charge is 0.496 e. The molecule has 1 aliphatic rings. The zero-order valence-electron chi connectivity index (χ0n) is 19.6. The normalized spacial score (nSPS) is 16.8. The van der Waals surface area contributed by atoms with E-state index < -0.39 is 0 Å². The minimum absolute atomic E-state index is 0.233. The number of ether oxygens (including phenoxy) is 1. The molecule has 0 saturated carbocycles. The number of nitrogens with zero attached hydrogens (tertiary/aromatic N) is 3. The Morgan fingerprint density at radius 2 is 1.91 bits per heavy atom. The number of piperidine rings is 1. The Hall–Kier alpha value is -3.03. The Balaban J connectivity index is 1.61. The Kier molecular flexibility index (Phi) is 7.52. The molecule has 4 N–H and O–H groups in total. The van der Waals surface area contributed by atoms with Crippen molar-refractivity contribution in [3.05, 3.63) is 65.9 Å². The summed E-state index contributed by atoms with van der Waals surface area (Å²) in [6, 6.07) is 18.2. The number of nitrogens with two attached hydrogens (primary N) is 2. The third-order valence-corrected chi connectivity index (χ3v) is 6.61. The van der Waals surface area contributed by atoms with Crippen molar-refractivity contribution in [3.63, 3.8) is 0 Å². The number of fused-ring (bicyclic) bond motifs is 1. The summed E-state index contributed by atoms with van der Waals surface area (Å²) in [5.74, 6) is 15.2. The first-order chi connectivity index (χ1) is 16.2. The summed E-state index contributed by atoms with van der Waals surface area (Å²) < 4.78 is 11.9. The van der Waals surface area contributed by atoms with Gasteiger partial charge in [-0.2, -0.15) is 5.10 Å². The van der Waals surface area contributed by atoms with Crippen molar-refractivity contribution in [2.24, 2.45) is 16.8 Å². The lowest BCUT2D eigenvalue weighted by atomic mass is 9.88. The van der Waals surface area contributed by atoms with Crippen molar-refractivity contribution in [1.29, 1.82) is 0 Å². The molecule has 0 spiro atoms. The summed E-state index contributed by atoms with van der Waals surface area (Å²) in [5, 5.41) is 6.92. The molecule has 1 saturated heterocycles. The first kappa shape index (κ1) is 23.1. The molecule has 0 aliphatic carbocycles. The van der Waals surface area contributed by atoms with Gasteiger partial charge in [-0.15, -0.1) is 0 Å². The number of likely N-dealkylation sites (tertiary alicyclic amines) is 1. The number of benzene rings is 2. The van der Waals surface area contributed by atoms with E-state index in [0.29, 0.717) is 18.3 Å². The molecule has 0 radical (unpaired) electrons. The standard InChI is InChI=1S/C26H35N5O2/c1-3-4-15-31(28)26(29-27)25(24-18-20-9-5-7-11-22(20)33-24)30-16-13-19(14-17-30)21-10-6-8-12-23(21)32-2/h5-12,18-19,25H,3-4,13-17,27-28H2,1-2H3/b29-26-. The topological polar surface area (TPSA) is 93.2 Å². The van der Waals surface area contributed by atoms with E-state index in [4.69, 9.17) is 20.8 Å². The maximum absolute atomic E-state index is 6.45. The summed E-state index contributed by atoms with van der Waals surface area (Å²) in [5.41, 5.74) is 2.13. The predicted octanol–water partition coefficient (Wildman–Crippen LogP) is 4.61. The maximum atomic E-state index is 6.45. The van der Waals surface area contributed by atoms with E-state index in [9.17, 15) is 0 Å². The fraction of sp³-hybridized carbons (Fsp3) is 0.423. The van der Waals surface area contributed by atoms with Gasteiger partial charge in [-0.25, -0.2) is 5.84 Å². The first-order valence-corrected chi connectivity index (χ1v) is 11.8. The second kappa shape index (κ2) is 10.7. The van der Waals surface area contributed by atoms with Crippen LogP contribution in [-0.4, -0.2) is 42.5 Å². The third kappa shape index (κ3) is 4.99. The van der Waals surface area contributed by atoms with Crippen molar-refractivity contribution in [3.8, 4) is 5.75 Å². The van der Waals surface area contributed by atoms with Crippen molar-refractivity contribution < 1.29 is 9.15 Å². The first-order valence-electron chi connectivity index (χ1n) is 11.8. The molecule has 7 heteroatoms. The van der Waals surface area contributed by atoms with E-state index in [-0.39, 0.29) is 6.04 Å². The Morgan fingerprint density at radius 3 is 2.61 bits per heavy atom. The highest BCUT2D eigenvalue weighted by molar-refractivity contribution is 5.89. The van der Waals surface area contributed by atoms with Crippen LogP contribution < -0.4 is 16.4 Å². The van der Waals surface area contributed by atoms with Crippen LogP contribution in [0.15, 0.2) is 64.1 Å². The molecule has 1 unspecified atom stereocenters. The van der Waals surface area contributed by atoms with Crippen LogP contribution in [-0.2, 0) is 0 Å². The number of para-hydroxylation sites is 2. The maximum Gasteiger partial charge on any atom is 0.163 e. The molecule has 2 heterocycles. The lowest BCUT2D eigenvalue weighted by Crippen LogP contribution is -2.49. The second-order valence-corrected chi connectivity index (χ2v) is 8.68. The van der Waals surface area contributed by atoms with Crippen molar-refractivity contribution in [2.45, 2.75) is 44.6 Å². The number of methoxy groups -OCH3 is 1. The lowest BCUT2D eigenvalue weighted by Gasteiger charge is -2.39. The predicted molar refractivity (Wildman–Crippen MR) is 133 cm³/mol. The fourth-order valence-corrected chi connectivity index (χ4v) is 4.82. The van der Waals surface area contributed by atoms with E-state index in [1.165, 1.54) is 5.56 Å². The highest BCUT2D eigenvalue weighted by Crippen LogP contribution is 2.38. The minimum atomic E-state index is -0.233. The number of furan rings is 1. The minimum Gasteiger partial charge on any atom is -0.496 e. The van der Waals surface area contributed by atoms with Gasteiger partial charge < -0.3 is 15.0 Å². The highest BCUT2D eigenvalue weighted by atomic mass is 16.5. The molecule has 1 aliphatic heterocycles. The van der Waals surface area contributed by atoms with Crippen molar-refractivity contribution in [1.82, 2.24) is 9.91 Å². The van der Waals surface area contributed by atoms with Crippen LogP contribution in [0.5, 0.6) is 5.75 Å². The second-order valence-electron chi connectivity index (χ2n) is 8.68. The van der Waals surface area contributed by atoms with Crippen molar-refractivity contribution >= 4 is 16.8 Å². The van der Waals surface area contributed by atoms with Gasteiger partial charge in [-0.05, 0) is 62.0 Å². The Morgan fingerprint density at radius 1 is 1.18 bits per heavy atom. The molecule has 0 bridgehead atoms. The fourth-order valence-electron chi connectivity index (χ4n) is 4.82. The zero-order valence-corrected chi connectivity index (χ0v) is 19.6. The summed E-state index contributed by atoms with van der Waals surface area (Å²) in [6.45, 7) is 4.60. The molecule has 2 aromatic carbocycles. The summed E-state index contributed by atoms with van der Waals surface area (Å²) >= 11 is 0. The molecule has 176 valence electrons. The molecule has 7 nitrogen and oxygen atoms in total. The smallest absolute Gasteiger partial charge is 0.163 e. The number of unbranched alkanes of at least 4 members (excludes halogenated alkanes) is 1. The number of hydrogen-bond acceptors (Lipinski definition) is 6. The number of rotatable bonds is 8. The van der Waals surface area contributed by atoms with E-state index >= 15 is 0 Å². The molecular formula is C26H35N5O2. The molecule has 1 fully saturated rings. The van der Waals surface area contributed by atoms with Gasteiger partial charge in [-0.1, -0.05) is 49.7 Å². The van der Waals surface area contributed by atoms with E-state index in [1.807, 2.05) is 30.3 Å². The number of hydrogen-bond donors (Lipinski definition) is 2. The molecular weight excluding hydrogens is 414 g/mol. The molecule has 33 heavy (non-hydrogen) atoms. The average Bonchev–Trinajstić information content (AvgIpc) is 3.29. The van der Waals surface area contributed by atoms with Gasteiger partial charge in [0.1, 0.15) is 23.1 Å². The molecule has 0 amide bonds. The lowest BCUT2D eigenvalue weighted by molar-refractivity contribution is 0.163. The van der Waals surface area contributed by atoms with Crippen LogP contribution in [0.3, 0.4) is 0 Å². The number of amidine groups is 1. The van der Waals surface area contributed by atoms with Crippen LogP contribution >= 0.6 is 0 Å². The number of hydrazone groups is 1. The van der Waals surface area contributed by atoms with Gasteiger partial charge in [0, 0.05) is 11.9 Å². The van der Waals surface area contributed by atoms with Crippen LogP contribution in [0.2, 0.25) is 0 Å². The van der Waals surface area contributed by atoms with Gasteiger partial charge in [0.2, 0.25) is 0 Å². The summed E-state index contributed by atoms with van der Waals surface area (Å²) in [7, 11) is 1.74. The monoisotopic (exact) mass is 449 g/mol. The van der Waals surface area contributed by atoms with Crippen LogP contribution in [0.25, 0.3) is 11.0 Å². The third-order valence-electron chi connectivity index (χ3n) is 6.61. The van der Waals surface area contributed by atoms with E-state index in [1.54, 1.807) is 12.1 Å². The average molecular weight is 450 g/mol. The molecule has 4 rings (SSSR count). The summed E-state index contributed by atoms with van der Waals surface area (Å²) in [4.78, 5) is 2.39. The Bertz CT molecular complexity index is 1040. The van der Waals surface area contributed by atoms with Crippen LogP contribution in [0.1, 0.15) is 55.9 Å². The van der Waals surface area contributed by atoms with Crippen molar-refractivity contribution in [2.75, 3.05) is 26.7 Å². The van der Waals surface area contributed by atoms with Gasteiger partial charge in [0.05, 0.1) is 7.11 Å². The van der Waals surface area contributed by atoms with Gasteiger partial charge >= 0.3 is 0 Å². The van der Waals surface area contributed by atoms with Crippen LogP contribution in [0, 0.1) is 0 Å². The van der Waals surface area contributed by atoms with E-state index in [2.05, 4.69) is 41.2 Å².